The van der Waals surface area contributed by atoms with Crippen LogP contribution in [0.3, 0.4) is 0 Å². The van der Waals surface area contributed by atoms with Gasteiger partial charge in [-0.1, -0.05) is 25.1 Å². The molecule has 20 heavy (non-hydrogen) atoms. The summed E-state index contributed by atoms with van der Waals surface area (Å²) in [6.07, 6.45) is 4.50. The summed E-state index contributed by atoms with van der Waals surface area (Å²) in [5, 5.41) is 3.44. The lowest BCUT2D eigenvalue weighted by atomic mass is 9.84. The second-order valence-electron chi connectivity index (χ2n) is 5.73. The van der Waals surface area contributed by atoms with Crippen LogP contribution in [-0.2, 0) is 4.74 Å². The molecule has 1 aliphatic heterocycles. The van der Waals surface area contributed by atoms with Crippen LogP contribution in [0.15, 0.2) is 24.3 Å². The molecule has 1 aromatic rings. The highest BCUT2D eigenvalue weighted by molar-refractivity contribution is 5.37. The topological polar surface area (TPSA) is 30.5 Å². The van der Waals surface area contributed by atoms with Gasteiger partial charge in [-0.25, -0.2) is 0 Å². The van der Waals surface area contributed by atoms with Gasteiger partial charge in [-0.2, -0.15) is 0 Å². The number of likely N-dealkylation sites (N-methyl/N-ethyl adjacent to an activating group) is 1. The second kappa shape index (κ2) is 7.09. The zero-order valence-electron chi connectivity index (χ0n) is 12.9. The maximum absolute atomic E-state index is 6.11. The second-order valence-corrected chi connectivity index (χ2v) is 5.73. The van der Waals surface area contributed by atoms with Gasteiger partial charge in [-0.05, 0) is 45.7 Å². The van der Waals surface area contributed by atoms with Crippen LogP contribution < -0.4 is 10.1 Å². The molecule has 2 unspecified atom stereocenters. The minimum atomic E-state index is -0.154. The zero-order valence-corrected chi connectivity index (χ0v) is 12.9. The highest BCUT2D eigenvalue weighted by atomic mass is 16.5. The van der Waals surface area contributed by atoms with E-state index >= 15 is 0 Å². The molecule has 1 N–H and O–H groups in total. The van der Waals surface area contributed by atoms with Gasteiger partial charge in [0.15, 0.2) is 0 Å². The van der Waals surface area contributed by atoms with E-state index in [4.69, 9.17) is 9.47 Å². The van der Waals surface area contributed by atoms with Gasteiger partial charge in [0.1, 0.15) is 5.75 Å². The smallest absolute Gasteiger partial charge is 0.124 e. The SMILES string of the molecule is CCCOc1ccccc1C(NC)C1(C)CCCCO1. The molecule has 3 nitrogen and oxygen atoms in total. The van der Waals surface area contributed by atoms with Gasteiger partial charge in [0.2, 0.25) is 0 Å². The molecule has 1 saturated heterocycles. The van der Waals surface area contributed by atoms with Crippen LogP contribution in [0.5, 0.6) is 5.75 Å². The van der Waals surface area contributed by atoms with Crippen LogP contribution in [0.4, 0.5) is 0 Å². The first-order chi connectivity index (χ1) is 9.71. The summed E-state index contributed by atoms with van der Waals surface area (Å²) < 4.78 is 12.0. The fourth-order valence-electron chi connectivity index (χ4n) is 3.04. The zero-order chi connectivity index (χ0) is 14.4. The normalized spacial score (nSPS) is 24.4. The van der Waals surface area contributed by atoms with E-state index in [1.165, 1.54) is 18.4 Å². The lowest BCUT2D eigenvalue weighted by Crippen LogP contribution is -2.45. The molecule has 3 heteroatoms. The Balaban J connectivity index is 2.26. The van der Waals surface area contributed by atoms with Crippen LogP contribution in [0, 0.1) is 0 Å². The number of hydrogen-bond acceptors (Lipinski definition) is 3. The Labute approximate surface area is 122 Å². The summed E-state index contributed by atoms with van der Waals surface area (Å²) in [5.41, 5.74) is 1.05. The fraction of sp³-hybridized carbons (Fsp3) is 0.647. The van der Waals surface area contributed by atoms with E-state index in [-0.39, 0.29) is 11.6 Å². The average molecular weight is 277 g/mol. The number of ether oxygens (including phenoxy) is 2. The number of hydrogen-bond donors (Lipinski definition) is 1. The molecular weight excluding hydrogens is 250 g/mol. The molecule has 0 spiro atoms. The molecule has 0 amide bonds. The minimum absolute atomic E-state index is 0.154. The van der Waals surface area contributed by atoms with Crippen LogP contribution in [0.2, 0.25) is 0 Å². The molecule has 1 heterocycles. The van der Waals surface area contributed by atoms with Crippen molar-refractivity contribution in [3.05, 3.63) is 29.8 Å². The van der Waals surface area contributed by atoms with E-state index in [9.17, 15) is 0 Å². The van der Waals surface area contributed by atoms with Crippen molar-refractivity contribution in [3.8, 4) is 5.75 Å². The molecule has 0 saturated carbocycles. The number of rotatable bonds is 6. The van der Waals surface area contributed by atoms with E-state index in [1.54, 1.807) is 0 Å². The van der Waals surface area contributed by atoms with Gasteiger partial charge in [0.05, 0.1) is 18.2 Å². The molecule has 1 aromatic carbocycles. The molecule has 0 aliphatic carbocycles. The lowest BCUT2D eigenvalue weighted by Gasteiger charge is -2.41. The first-order valence-corrected chi connectivity index (χ1v) is 7.74. The molecule has 0 bridgehead atoms. The number of nitrogens with one attached hydrogen (secondary N) is 1. The predicted octanol–water partition coefficient (Wildman–Crippen LogP) is 3.70. The maximum Gasteiger partial charge on any atom is 0.124 e. The van der Waals surface area contributed by atoms with Crippen LogP contribution in [0.25, 0.3) is 0 Å². The third-order valence-electron chi connectivity index (χ3n) is 4.09. The largest absolute Gasteiger partial charge is 0.493 e. The summed E-state index contributed by atoms with van der Waals surface area (Å²) >= 11 is 0. The lowest BCUT2D eigenvalue weighted by molar-refractivity contribution is -0.0888. The van der Waals surface area contributed by atoms with Crippen LogP contribution in [0.1, 0.15) is 51.1 Å². The van der Waals surface area contributed by atoms with Crippen molar-refractivity contribution in [3.63, 3.8) is 0 Å². The standard InChI is InChI=1S/C17H27NO2/c1-4-12-19-15-10-6-5-9-14(15)16(18-3)17(2)11-7-8-13-20-17/h5-6,9-10,16,18H,4,7-8,11-13H2,1-3H3. The predicted molar refractivity (Wildman–Crippen MR) is 82.2 cm³/mol. The van der Waals surface area contributed by atoms with Crippen LogP contribution in [-0.4, -0.2) is 25.9 Å². The summed E-state index contributed by atoms with van der Waals surface area (Å²) in [7, 11) is 2.00. The fourth-order valence-corrected chi connectivity index (χ4v) is 3.04. The average Bonchev–Trinajstić information content (AvgIpc) is 2.47. The monoisotopic (exact) mass is 277 g/mol. The Morgan fingerprint density at radius 1 is 1.35 bits per heavy atom. The van der Waals surface area contributed by atoms with Gasteiger partial charge < -0.3 is 14.8 Å². The Morgan fingerprint density at radius 2 is 2.15 bits per heavy atom. The molecule has 1 fully saturated rings. The maximum atomic E-state index is 6.11. The van der Waals surface area contributed by atoms with Crippen molar-refractivity contribution in [2.75, 3.05) is 20.3 Å². The molecule has 1 aliphatic rings. The van der Waals surface area contributed by atoms with Gasteiger partial charge in [-0.3, -0.25) is 0 Å². The first kappa shape index (κ1) is 15.3. The van der Waals surface area contributed by atoms with Crippen LogP contribution >= 0.6 is 0 Å². The van der Waals surface area contributed by atoms with Gasteiger partial charge in [0.25, 0.3) is 0 Å². The Morgan fingerprint density at radius 3 is 2.80 bits per heavy atom. The first-order valence-electron chi connectivity index (χ1n) is 7.74. The van der Waals surface area contributed by atoms with E-state index in [0.29, 0.717) is 0 Å². The Kier molecular flexibility index (Phi) is 5.44. The quantitative estimate of drug-likeness (QED) is 0.860. The molecular formula is C17H27NO2. The van der Waals surface area contributed by atoms with E-state index in [0.717, 1.165) is 31.8 Å². The Bertz CT molecular complexity index is 413. The third kappa shape index (κ3) is 3.33. The van der Waals surface area contributed by atoms with Crippen molar-refractivity contribution in [2.45, 2.75) is 51.2 Å². The van der Waals surface area contributed by atoms with Crippen molar-refractivity contribution in [1.82, 2.24) is 5.32 Å². The summed E-state index contributed by atoms with van der Waals surface area (Å²) in [6, 6.07) is 8.48. The van der Waals surface area contributed by atoms with Crippen molar-refractivity contribution in [2.24, 2.45) is 0 Å². The summed E-state index contributed by atoms with van der Waals surface area (Å²) in [4.78, 5) is 0. The summed E-state index contributed by atoms with van der Waals surface area (Å²) in [6.45, 7) is 5.95. The Hall–Kier alpha value is -1.06. The van der Waals surface area contributed by atoms with Gasteiger partial charge >= 0.3 is 0 Å². The van der Waals surface area contributed by atoms with E-state index in [2.05, 4.69) is 37.4 Å². The van der Waals surface area contributed by atoms with Gasteiger partial charge in [-0.15, -0.1) is 0 Å². The van der Waals surface area contributed by atoms with E-state index in [1.807, 2.05) is 13.1 Å². The minimum Gasteiger partial charge on any atom is -0.493 e. The van der Waals surface area contributed by atoms with E-state index < -0.39 is 0 Å². The highest BCUT2D eigenvalue weighted by Gasteiger charge is 2.38. The molecule has 0 aromatic heterocycles. The van der Waals surface area contributed by atoms with Gasteiger partial charge in [0, 0.05) is 12.2 Å². The molecule has 2 atom stereocenters. The molecule has 112 valence electrons. The van der Waals surface area contributed by atoms with Crippen molar-refractivity contribution < 1.29 is 9.47 Å². The van der Waals surface area contributed by atoms with Crippen molar-refractivity contribution in [1.29, 1.82) is 0 Å². The number of para-hydroxylation sites is 1. The third-order valence-corrected chi connectivity index (χ3v) is 4.09. The summed E-state index contributed by atoms with van der Waals surface area (Å²) in [5.74, 6) is 0.976. The number of benzene rings is 1. The highest BCUT2D eigenvalue weighted by Crippen LogP contribution is 2.39. The van der Waals surface area contributed by atoms with Crippen molar-refractivity contribution >= 4 is 0 Å². The molecule has 0 radical (unpaired) electrons. The molecule has 2 rings (SSSR count).